The minimum absolute atomic E-state index is 0.494. The molecule has 6 nitrogen and oxygen atoms in total. The number of ether oxygens (including phenoxy) is 1. The fourth-order valence-electron chi connectivity index (χ4n) is 2.02. The molecule has 0 aliphatic rings. The number of anilines is 1. The van der Waals surface area contributed by atoms with Gasteiger partial charge in [-0.15, -0.1) is 15.3 Å². The third-order valence-electron chi connectivity index (χ3n) is 3.01. The molecule has 0 atom stereocenters. The monoisotopic (exact) mass is 289 g/mol. The largest absolute Gasteiger partial charge is 0.493 e. The first-order chi connectivity index (χ1) is 9.78. The number of nitrogen functional groups attached to an aromatic ring is 1. The molecule has 0 spiro atoms. The number of aromatic nitrogens is 4. The van der Waals surface area contributed by atoms with Gasteiger partial charge >= 0.3 is 0 Å². The summed E-state index contributed by atoms with van der Waals surface area (Å²) < 4.78 is 7.50. The highest BCUT2D eigenvalue weighted by Crippen LogP contribution is 2.19. The zero-order chi connectivity index (χ0) is 13.9. The molecule has 0 radical (unpaired) electrons. The van der Waals surface area contributed by atoms with Crippen LogP contribution in [0.2, 0.25) is 0 Å². The van der Waals surface area contributed by atoms with Gasteiger partial charge in [0, 0.05) is 6.42 Å². The number of rotatable bonds is 5. The number of benzene rings is 1. The van der Waals surface area contributed by atoms with Gasteiger partial charge in [-0.05, 0) is 18.1 Å². The number of para-hydroxylation sites is 1. The molecule has 0 amide bonds. The first-order valence-corrected chi connectivity index (χ1v) is 7.27. The molecule has 0 saturated heterocycles. The Balaban J connectivity index is 1.68. The molecule has 104 valence electrons. The van der Waals surface area contributed by atoms with Crippen molar-refractivity contribution in [2.45, 2.75) is 19.8 Å². The molecule has 0 saturated carbocycles. The number of fused-ring (bicyclic) bond motifs is 1. The smallest absolute Gasteiger partial charge is 0.236 e. The fraction of sp³-hybridized carbons (Fsp3) is 0.308. The van der Waals surface area contributed by atoms with Crippen molar-refractivity contribution in [3.63, 3.8) is 0 Å². The predicted octanol–water partition coefficient (Wildman–Crippen LogP) is 1.95. The van der Waals surface area contributed by atoms with E-state index in [1.165, 1.54) is 16.9 Å². The lowest BCUT2D eigenvalue weighted by atomic mass is 10.1. The minimum Gasteiger partial charge on any atom is -0.493 e. The highest BCUT2D eigenvalue weighted by atomic mass is 32.1. The molecule has 0 unspecified atom stereocenters. The van der Waals surface area contributed by atoms with E-state index in [0.29, 0.717) is 23.1 Å². The zero-order valence-electron chi connectivity index (χ0n) is 11.1. The summed E-state index contributed by atoms with van der Waals surface area (Å²) in [6, 6.07) is 8.06. The molecular formula is C13H15N5OS. The molecule has 3 rings (SSSR count). The maximum atomic E-state index is 5.82. The van der Waals surface area contributed by atoms with Crippen LogP contribution in [-0.4, -0.2) is 26.4 Å². The number of nitrogens with zero attached hydrogens (tertiary/aromatic N) is 4. The van der Waals surface area contributed by atoms with Gasteiger partial charge in [0.15, 0.2) is 5.82 Å². The Kier molecular flexibility index (Phi) is 3.51. The molecule has 3 aromatic rings. The van der Waals surface area contributed by atoms with Crippen molar-refractivity contribution in [2.24, 2.45) is 0 Å². The second kappa shape index (κ2) is 5.46. The molecule has 0 aliphatic carbocycles. The molecule has 2 heterocycles. The highest BCUT2D eigenvalue weighted by molar-refractivity contribution is 7.20. The van der Waals surface area contributed by atoms with Crippen LogP contribution in [0, 0.1) is 0 Å². The third kappa shape index (κ3) is 2.44. The maximum absolute atomic E-state index is 5.82. The molecule has 2 N–H and O–H groups in total. The van der Waals surface area contributed by atoms with E-state index in [0.717, 1.165) is 18.0 Å². The second-order valence-corrected chi connectivity index (χ2v) is 5.30. The van der Waals surface area contributed by atoms with Crippen molar-refractivity contribution < 1.29 is 4.74 Å². The molecule has 20 heavy (non-hydrogen) atoms. The first kappa shape index (κ1) is 12.9. The minimum atomic E-state index is 0.494. The lowest BCUT2D eigenvalue weighted by Gasteiger charge is -2.09. The summed E-state index contributed by atoms with van der Waals surface area (Å²) in [6.45, 7) is 2.65. The molecule has 2 aromatic heterocycles. The molecule has 0 fully saturated rings. The third-order valence-corrected chi connectivity index (χ3v) is 3.74. The zero-order valence-corrected chi connectivity index (χ0v) is 11.9. The average molecular weight is 289 g/mol. The summed E-state index contributed by atoms with van der Waals surface area (Å²) >= 11 is 1.32. The van der Waals surface area contributed by atoms with Crippen LogP contribution in [0.25, 0.3) is 4.96 Å². The Labute approximate surface area is 120 Å². The summed E-state index contributed by atoms with van der Waals surface area (Å²) in [4.78, 5) is 0.714. The fourth-order valence-corrected chi connectivity index (χ4v) is 2.64. The van der Waals surface area contributed by atoms with E-state index in [2.05, 4.69) is 28.3 Å². The van der Waals surface area contributed by atoms with Crippen LogP contribution in [0.15, 0.2) is 24.3 Å². The van der Waals surface area contributed by atoms with Gasteiger partial charge in [0.2, 0.25) is 10.1 Å². The van der Waals surface area contributed by atoms with Gasteiger partial charge in [0.25, 0.3) is 0 Å². The van der Waals surface area contributed by atoms with E-state index < -0.39 is 0 Å². The SMILES string of the molecule is CCc1ccccc1OCCc1nnc2sc(N)nn12. The highest BCUT2D eigenvalue weighted by Gasteiger charge is 2.10. The van der Waals surface area contributed by atoms with Crippen molar-refractivity contribution in [3.8, 4) is 5.75 Å². The Morgan fingerprint density at radius 3 is 3.00 bits per heavy atom. The van der Waals surface area contributed by atoms with E-state index in [4.69, 9.17) is 10.5 Å². The van der Waals surface area contributed by atoms with Crippen molar-refractivity contribution in [3.05, 3.63) is 35.7 Å². The van der Waals surface area contributed by atoms with E-state index in [-0.39, 0.29) is 0 Å². The molecule has 1 aromatic carbocycles. The summed E-state index contributed by atoms with van der Waals surface area (Å²) in [6.07, 6.45) is 1.59. The van der Waals surface area contributed by atoms with Crippen molar-refractivity contribution in [1.82, 2.24) is 19.8 Å². The van der Waals surface area contributed by atoms with Gasteiger partial charge in [-0.2, -0.15) is 4.52 Å². The van der Waals surface area contributed by atoms with Crippen LogP contribution in [0.3, 0.4) is 0 Å². The van der Waals surface area contributed by atoms with E-state index in [9.17, 15) is 0 Å². The predicted molar refractivity (Wildman–Crippen MR) is 78.1 cm³/mol. The summed E-state index contributed by atoms with van der Waals surface area (Å²) in [5.74, 6) is 1.69. The number of hydrogen-bond donors (Lipinski definition) is 1. The van der Waals surface area contributed by atoms with Gasteiger partial charge in [-0.3, -0.25) is 0 Å². The van der Waals surface area contributed by atoms with Gasteiger partial charge in [0.05, 0.1) is 6.61 Å². The topological polar surface area (TPSA) is 78.3 Å². The van der Waals surface area contributed by atoms with Gasteiger partial charge < -0.3 is 10.5 Å². The molecule has 0 aliphatic heterocycles. The van der Waals surface area contributed by atoms with Crippen LogP contribution >= 0.6 is 11.3 Å². The van der Waals surface area contributed by atoms with Gasteiger partial charge in [0.1, 0.15) is 5.75 Å². The number of aryl methyl sites for hydroxylation is 1. The van der Waals surface area contributed by atoms with Gasteiger partial charge in [-0.1, -0.05) is 36.5 Å². The standard InChI is InChI=1S/C13H15N5OS/c1-2-9-5-3-4-6-10(9)19-8-7-11-15-16-13-18(11)17-12(14)20-13/h3-6H,2,7-8H2,1H3,(H2,14,17). The summed E-state index contributed by atoms with van der Waals surface area (Å²) in [5, 5.41) is 12.8. The van der Waals surface area contributed by atoms with E-state index in [1.807, 2.05) is 18.2 Å². The summed E-state index contributed by atoms with van der Waals surface area (Å²) in [7, 11) is 0. The molecule has 0 bridgehead atoms. The quantitative estimate of drug-likeness (QED) is 0.776. The number of hydrogen-bond acceptors (Lipinski definition) is 6. The van der Waals surface area contributed by atoms with E-state index >= 15 is 0 Å². The van der Waals surface area contributed by atoms with Crippen molar-refractivity contribution >= 4 is 21.4 Å². The Morgan fingerprint density at radius 1 is 1.30 bits per heavy atom. The van der Waals surface area contributed by atoms with Crippen LogP contribution in [-0.2, 0) is 12.8 Å². The molecular weight excluding hydrogens is 274 g/mol. The first-order valence-electron chi connectivity index (χ1n) is 6.45. The Hall–Kier alpha value is -2.15. The lowest BCUT2D eigenvalue weighted by Crippen LogP contribution is -2.06. The Bertz CT molecular complexity index is 720. The molecule has 7 heteroatoms. The lowest BCUT2D eigenvalue weighted by molar-refractivity contribution is 0.315. The number of nitrogens with two attached hydrogens (primary N) is 1. The summed E-state index contributed by atoms with van der Waals surface area (Å²) in [5.41, 5.74) is 6.85. The average Bonchev–Trinajstić information content (AvgIpc) is 2.99. The van der Waals surface area contributed by atoms with Crippen LogP contribution in [0.5, 0.6) is 5.75 Å². The normalized spacial score (nSPS) is 11.1. The van der Waals surface area contributed by atoms with Crippen molar-refractivity contribution in [2.75, 3.05) is 12.3 Å². The van der Waals surface area contributed by atoms with Crippen LogP contribution < -0.4 is 10.5 Å². The van der Waals surface area contributed by atoms with Crippen molar-refractivity contribution in [1.29, 1.82) is 0 Å². The van der Waals surface area contributed by atoms with Gasteiger partial charge in [-0.25, -0.2) is 0 Å². The van der Waals surface area contributed by atoms with E-state index in [1.54, 1.807) is 4.52 Å². The second-order valence-electron chi connectivity index (χ2n) is 4.31. The maximum Gasteiger partial charge on any atom is 0.236 e. The van der Waals surface area contributed by atoms with Crippen LogP contribution in [0.4, 0.5) is 5.13 Å². The Morgan fingerprint density at radius 2 is 2.15 bits per heavy atom. The van der Waals surface area contributed by atoms with Crippen LogP contribution in [0.1, 0.15) is 18.3 Å².